The van der Waals surface area contributed by atoms with E-state index in [0.29, 0.717) is 38.5 Å². The second-order valence-electron chi connectivity index (χ2n) is 5.93. The molecule has 2 aliphatic rings. The van der Waals surface area contributed by atoms with Gasteiger partial charge < -0.3 is 20.1 Å². The number of rotatable bonds is 4. The molecule has 0 aromatic rings. The number of carboxylic acid groups (broad SMARTS) is 1. The predicted octanol–water partition coefficient (Wildman–Crippen LogP) is 1.45. The van der Waals surface area contributed by atoms with Crippen molar-refractivity contribution in [2.75, 3.05) is 26.8 Å². The van der Waals surface area contributed by atoms with Gasteiger partial charge >= 0.3 is 12.0 Å². The molecule has 0 spiro atoms. The van der Waals surface area contributed by atoms with Gasteiger partial charge in [-0.25, -0.2) is 9.59 Å². The largest absolute Gasteiger partial charge is 0.480 e. The van der Waals surface area contributed by atoms with Gasteiger partial charge in [0, 0.05) is 26.1 Å². The molecule has 1 saturated carbocycles. The zero-order valence-electron chi connectivity index (χ0n) is 12.1. The molecule has 0 aromatic carbocycles. The standard InChI is InChI=1S/C14H24N2O4/c1-20-10-11-5-8-16(9-11)13(19)15-14(12(17)18)6-3-2-4-7-14/h11H,2-10H2,1H3,(H,15,19)(H,17,18). The summed E-state index contributed by atoms with van der Waals surface area (Å²) in [6.07, 6.45) is 4.75. The lowest BCUT2D eigenvalue weighted by Gasteiger charge is -2.35. The van der Waals surface area contributed by atoms with Crippen LogP contribution < -0.4 is 5.32 Å². The number of hydrogen-bond acceptors (Lipinski definition) is 3. The Bertz CT molecular complexity index is 366. The Balaban J connectivity index is 1.94. The SMILES string of the molecule is COCC1CCN(C(=O)NC2(C(=O)O)CCCCC2)C1. The molecular weight excluding hydrogens is 260 g/mol. The highest BCUT2D eigenvalue weighted by Gasteiger charge is 2.42. The van der Waals surface area contributed by atoms with Crippen LogP contribution >= 0.6 is 0 Å². The summed E-state index contributed by atoms with van der Waals surface area (Å²) in [4.78, 5) is 25.5. The van der Waals surface area contributed by atoms with E-state index < -0.39 is 11.5 Å². The van der Waals surface area contributed by atoms with Gasteiger partial charge in [-0.3, -0.25) is 0 Å². The predicted molar refractivity (Wildman–Crippen MR) is 73.5 cm³/mol. The minimum Gasteiger partial charge on any atom is -0.480 e. The number of ether oxygens (including phenoxy) is 1. The first-order chi connectivity index (χ1) is 9.57. The Labute approximate surface area is 119 Å². The van der Waals surface area contributed by atoms with Crippen LogP contribution in [-0.4, -0.2) is 54.4 Å². The summed E-state index contributed by atoms with van der Waals surface area (Å²) in [7, 11) is 1.66. The van der Waals surface area contributed by atoms with Crippen molar-refractivity contribution in [3.05, 3.63) is 0 Å². The fraction of sp³-hybridized carbons (Fsp3) is 0.857. The molecule has 6 nitrogen and oxygen atoms in total. The Morgan fingerprint density at radius 2 is 2.05 bits per heavy atom. The van der Waals surface area contributed by atoms with Gasteiger partial charge in [-0.1, -0.05) is 19.3 Å². The highest BCUT2D eigenvalue weighted by atomic mass is 16.5. The number of nitrogens with zero attached hydrogens (tertiary/aromatic N) is 1. The molecule has 2 rings (SSSR count). The minimum atomic E-state index is -1.06. The van der Waals surface area contributed by atoms with Crippen molar-refractivity contribution in [1.29, 1.82) is 0 Å². The number of carbonyl (C=O) groups is 2. The second-order valence-corrected chi connectivity index (χ2v) is 5.93. The maximum Gasteiger partial charge on any atom is 0.329 e. The number of nitrogens with one attached hydrogen (secondary N) is 1. The number of carboxylic acids is 1. The summed E-state index contributed by atoms with van der Waals surface area (Å²) in [5.41, 5.74) is -1.06. The van der Waals surface area contributed by atoms with E-state index in [9.17, 15) is 14.7 Å². The van der Waals surface area contributed by atoms with Crippen LogP contribution in [0.25, 0.3) is 0 Å². The summed E-state index contributed by atoms with van der Waals surface area (Å²) >= 11 is 0. The van der Waals surface area contributed by atoms with Gasteiger partial charge in [0.25, 0.3) is 0 Å². The van der Waals surface area contributed by atoms with E-state index in [2.05, 4.69) is 5.32 Å². The smallest absolute Gasteiger partial charge is 0.329 e. The lowest BCUT2D eigenvalue weighted by Crippen LogP contribution is -2.58. The second kappa shape index (κ2) is 6.43. The third-order valence-corrected chi connectivity index (χ3v) is 4.44. The monoisotopic (exact) mass is 284 g/mol. The lowest BCUT2D eigenvalue weighted by molar-refractivity contribution is -0.145. The Morgan fingerprint density at radius 1 is 1.35 bits per heavy atom. The molecule has 20 heavy (non-hydrogen) atoms. The third-order valence-electron chi connectivity index (χ3n) is 4.44. The average Bonchev–Trinajstić information content (AvgIpc) is 2.89. The molecule has 1 atom stereocenters. The van der Waals surface area contributed by atoms with Crippen molar-refractivity contribution < 1.29 is 19.4 Å². The molecule has 1 saturated heterocycles. The first kappa shape index (κ1) is 15.1. The van der Waals surface area contributed by atoms with Crippen LogP contribution in [0.5, 0.6) is 0 Å². The summed E-state index contributed by atoms with van der Waals surface area (Å²) < 4.78 is 5.11. The van der Waals surface area contributed by atoms with Crippen LogP contribution in [0.1, 0.15) is 38.5 Å². The van der Waals surface area contributed by atoms with Gasteiger partial charge in [0.1, 0.15) is 5.54 Å². The molecule has 1 unspecified atom stereocenters. The lowest BCUT2D eigenvalue weighted by atomic mass is 9.82. The highest BCUT2D eigenvalue weighted by Crippen LogP contribution is 2.29. The summed E-state index contributed by atoms with van der Waals surface area (Å²) in [5, 5.41) is 12.2. The van der Waals surface area contributed by atoms with Crippen LogP contribution in [0.4, 0.5) is 4.79 Å². The minimum absolute atomic E-state index is 0.243. The van der Waals surface area contributed by atoms with Gasteiger partial charge in [0.15, 0.2) is 0 Å². The molecule has 0 radical (unpaired) electrons. The number of amides is 2. The van der Waals surface area contributed by atoms with E-state index in [1.807, 2.05) is 0 Å². The maximum atomic E-state index is 12.3. The molecule has 6 heteroatoms. The van der Waals surface area contributed by atoms with E-state index in [1.54, 1.807) is 12.0 Å². The maximum absolute atomic E-state index is 12.3. The van der Waals surface area contributed by atoms with Crippen LogP contribution in [0.3, 0.4) is 0 Å². The average molecular weight is 284 g/mol. The van der Waals surface area contributed by atoms with Crippen LogP contribution in [0.15, 0.2) is 0 Å². The first-order valence-electron chi connectivity index (χ1n) is 7.37. The first-order valence-corrected chi connectivity index (χ1v) is 7.37. The molecule has 0 bridgehead atoms. The van der Waals surface area contributed by atoms with Crippen LogP contribution in [0, 0.1) is 5.92 Å². The van der Waals surface area contributed by atoms with Crippen LogP contribution in [-0.2, 0) is 9.53 Å². The van der Waals surface area contributed by atoms with Gasteiger partial charge in [-0.05, 0) is 19.3 Å². The van der Waals surface area contributed by atoms with Crippen molar-refractivity contribution in [3.8, 4) is 0 Å². The van der Waals surface area contributed by atoms with E-state index in [1.165, 1.54) is 0 Å². The number of urea groups is 1. The number of methoxy groups -OCH3 is 1. The quantitative estimate of drug-likeness (QED) is 0.819. The Hall–Kier alpha value is -1.30. The van der Waals surface area contributed by atoms with Crippen molar-refractivity contribution in [2.45, 2.75) is 44.1 Å². The van der Waals surface area contributed by atoms with Gasteiger partial charge in [0.2, 0.25) is 0 Å². The van der Waals surface area contributed by atoms with Crippen molar-refractivity contribution in [3.63, 3.8) is 0 Å². The zero-order chi connectivity index (χ0) is 14.6. The van der Waals surface area contributed by atoms with E-state index in [4.69, 9.17) is 4.74 Å². The van der Waals surface area contributed by atoms with Crippen molar-refractivity contribution in [2.24, 2.45) is 5.92 Å². The molecule has 0 aromatic heterocycles. The Kier molecular flexibility index (Phi) is 4.86. The van der Waals surface area contributed by atoms with Gasteiger partial charge in [0.05, 0.1) is 6.61 Å². The summed E-state index contributed by atoms with van der Waals surface area (Å²) in [6.45, 7) is 1.97. The topological polar surface area (TPSA) is 78.9 Å². The third kappa shape index (κ3) is 3.23. The van der Waals surface area contributed by atoms with Gasteiger partial charge in [-0.15, -0.1) is 0 Å². The molecule has 1 heterocycles. The molecule has 1 aliphatic heterocycles. The summed E-state index contributed by atoms with van der Waals surface area (Å²) in [5.74, 6) is -0.545. The number of carbonyl (C=O) groups excluding carboxylic acids is 1. The fourth-order valence-electron chi connectivity index (χ4n) is 3.22. The van der Waals surface area contributed by atoms with Crippen molar-refractivity contribution >= 4 is 12.0 Å². The fourth-order valence-corrected chi connectivity index (χ4v) is 3.22. The summed E-state index contributed by atoms with van der Waals surface area (Å²) in [6, 6.07) is -0.243. The van der Waals surface area contributed by atoms with E-state index in [0.717, 1.165) is 25.7 Å². The van der Waals surface area contributed by atoms with E-state index in [-0.39, 0.29) is 6.03 Å². The molecule has 1 aliphatic carbocycles. The zero-order valence-corrected chi connectivity index (χ0v) is 12.1. The Morgan fingerprint density at radius 3 is 2.65 bits per heavy atom. The molecule has 2 amide bonds. The molecule has 2 N–H and O–H groups in total. The van der Waals surface area contributed by atoms with Crippen molar-refractivity contribution in [1.82, 2.24) is 10.2 Å². The molecule has 2 fully saturated rings. The van der Waals surface area contributed by atoms with Crippen LogP contribution in [0.2, 0.25) is 0 Å². The normalized spacial score (nSPS) is 25.4. The highest BCUT2D eigenvalue weighted by molar-refractivity contribution is 5.86. The number of likely N-dealkylation sites (tertiary alicyclic amines) is 1. The molecule has 114 valence electrons. The molecular formula is C14H24N2O4. The number of aliphatic carboxylic acids is 1. The van der Waals surface area contributed by atoms with E-state index >= 15 is 0 Å². The number of hydrogen-bond donors (Lipinski definition) is 2. The van der Waals surface area contributed by atoms with Gasteiger partial charge in [-0.2, -0.15) is 0 Å².